The lowest BCUT2D eigenvalue weighted by molar-refractivity contribution is 0.0905. The van der Waals surface area contributed by atoms with Gasteiger partial charge in [-0.15, -0.1) is 0 Å². The van der Waals surface area contributed by atoms with Crippen LogP contribution in [0.2, 0.25) is 0 Å². The van der Waals surface area contributed by atoms with E-state index in [9.17, 15) is 0 Å². The molecule has 132 valence electrons. The summed E-state index contributed by atoms with van der Waals surface area (Å²) >= 11 is 0. The van der Waals surface area contributed by atoms with Gasteiger partial charge in [0.1, 0.15) is 0 Å². The molecule has 25 heavy (non-hydrogen) atoms. The van der Waals surface area contributed by atoms with E-state index >= 15 is 0 Å². The fraction of sp³-hybridized carbons (Fsp3) is 0.529. The van der Waals surface area contributed by atoms with Gasteiger partial charge >= 0.3 is 0 Å². The number of pyridine rings is 1. The maximum Gasteiger partial charge on any atom is 0.226 e. The van der Waals surface area contributed by atoms with Gasteiger partial charge in [0.15, 0.2) is 5.65 Å². The van der Waals surface area contributed by atoms with E-state index < -0.39 is 0 Å². The highest BCUT2D eigenvalue weighted by Crippen LogP contribution is 2.33. The van der Waals surface area contributed by atoms with E-state index in [1.54, 1.807) is 0 Å². The number of aromatic nitrogens is 5. The van der Waals surface area contributed by atoms with Gasteiger partial charge in [0.2, 0.25) is 11.7 Å². The molecule has 0 spiro atoms. The molecule has 1 aliphatic heterocycles. The molecular weight excluding hydrogens is 320 g/mol. The van der Waals surface area contributed by atoms with E-state index in [0.717, 1.165) is 54.9 Å². The number of ether oxygens (including phenoxy) is 1. The number of hydrogen-bond acceptors (Lipinski definition) is 7. The zero-order valence-corrected chi connectivity index (χ0v) is 14.5. The molecular formula is C17H22N6O2. The largest absolute Gasteiger partial charge is 0.381 e. The van der Waals surface area contributed by atoms with Crippen LogP contribution in [0.3, 0.4) is 0 Å². The number of nitrogens with one attached hydrogen (secondary N) is 1. The molecule has 1 saturated heterocycles. The molecule has 1 fully saturated rings. The highest BCUT2D eigenvalue weighted by Gasteiger charge is 2.21. The van der Waals surface area contributed by atoms with E-state index in [-0.39, 0.29) is 0 Å². The molecule has 0 aliphatic carbocycles. The molecule has 0 saturated carbocycles. The minimum atomic E-state index is 0.348. The summed E-state index contributed by atoms with van der Waals surface area (Å²) in [5, 5.41) is 13.2. The first-order valence-corrected chi connectivity index (χ1v) is 8.81. The summed E-state index contributed by atoms with van der Waals surface area (Å²) in [4.78, 5) is 9.07. The molecule has 1 aliphatic rings. The van der Waals surface area contributed by atoms with Gasteiger partial charge in [-0.2, -0.15) is 10.1 Å². The van der Waals surface area contributed by atoms with Crippen LogP contribution in [-0.4, -0.2) is 44.2 Å². The predicted molar refractivity (Wildman–Crippen MR) is 93.3 cm³/mol. The van der Waals surface area contributed by atoms with Crippen LogP contribution in [0.1, 0.15) is 32.6 Å². The lowest BCUT2D eigenvalue weighted by Crippen LogP contribution is -2.28. The second kappa shape index (κ2) is 6.79. The van der Waals surface area contributed by atoms with Crippen LogP contribution in [0, 0.1) is 0 Å². The van der Waals surface area contributed by atoms with Crippen molar-refractivity contribution < 1.29 is 9.26 Å². The predicted octanol–water partition coefficient (Wildman–Crippen LogP) is 2.65. The van der Waals surface area contributed by atoms with Crippen molar-refractivity contribution in [3.63, 3.8) is 0 Å². The van der Waals surface area contributed by atoms with E-state index in [0.29, 0.717) is 24.2 Å². The van der Waals surface area contributed by atoms with Crippen molar-refractivity contribution >= 4 is 16.7 Å². The van der Waals surface area contributed by atoms with Gasteiger partial charge in [-0.25, -0.2) is 9.67 Å². The van der Waals surface area contributed by atoms with Crippen LogP contribution in [-0.2, 0) is 17.7 Å². The van der Waals surface area contributed by atoms with Crippen molar-refractivity contribution in [3.8, 4) is 11.4 Å². The average molecular weight is 342 g/mol. The summed E-state index contributed by atoms with van der Waals surface area (Å²) in [6.07, 6.45) is 6.31. The molecule has 4 heterocycles. The van der Waals surface area contributed by atoms with Crippen LogP contribution in [0.5, 0.6) is 0 Å². The molecule has 3 aromatic heterocycles. The average Bonchev–Trinajstić information content (AvgIpc) is 3.29. The molecule has 0 atom stereocenters. The quantitative estimate of drug-likeness (QED) is 0.762. The number of rotatable bonds is 5. The zero-order valence-electron chi connectivity index (χ0n) is 14.5. The van der Waals surface area contributed by atoms with Crippen LogP contribution in [0.15, 0.2) is 16.9 Å². The molecule has 0 aromatic carbocycles. The van der Waals surface area contributed by atoms with Crippen LogP contribution in [0.25, 0.3) is 22.4 Å². The summed E-state index contributed by atoms with van der Waals surface area (Å²) in [7, 11) is 0. The second-order valence-corrected chi connectivity index (χ2v) is 6.14. The molecule has 0 amide bonds. The maximum atomic E-state index is 5.47. The smallest absolute Gasteiger partial charge is 0.226 e. The third kappa shape index (κ3) is 2.97. The van der Waals surface area contributed by atoms with Gasteiger partial charge in [-0.3, -0.25) is 0 Å². The molecule has 3 aromatic rings. The highest BCUT2D eigenvalue weighted by molar-refractivity contribution is 5.96. The van der Waals surface area contributed by atoms with Crippen molar-refractivity contribution in [2.75, 3.05) is 18.5 Å². The number of hydrogen-bond donors (Lipinski definition) is 1. The molecule has 0 radical (unpaired) electrons. The normalized spacial score (nSPS) is 15.8. The van der Waals surface area contributed by atoms with Gasteiger partial charge in [0.25, 0.3) is 0 Å². The van der Waals surface area contributed by atoms with Gasteiger partial charge in [0, 0.05) is 38.4 Å². The van der Waals surface area contributed by atoms with Crippen molar-refractivity contribution in [2.24, 2.45) is 0 Å². The molecule has 1 N–H and O–H groups in total. The monoisotopic (exact) mass is 342 g/mol. The summed E-state index contributed by atoms with van der Waals surface area (Å²) in [6, 6.07) is 0.348. The Kier molecular flexibility index (Phi) is 4.35. The number of fused-ring (bicyclic) bond motifs is 1. The minimum Gasteiger partial charge on any atom is -0.381 e. The van der Waals surface area contributed by atoms with Crippen molar-refractivity contribution in [1.29, 1.82) is 0 Å². The minimum absolute atomic E-state index is 0.348. The lowest BCUT2D eigenvalue weighted by atomic mass is 10.1. The zero-order chi connectivity index (χ0) is 17.2. The Hall–Kier alpha value is -2.48. The Morgan fingerprint density at radius 3 is 2.80 bits per heavy atom. The number of anilines is 1. The lowest BCUT2D eigenvalue weighted by Gasteiger charge is -2.25. The van der Waals surface area contributed by atoms with Crippen molar-refractivity contribution in [3.05, 3.63) is 18.3 Å². The fourth-order valence-electron chi connectivity index (χ4n) is 3.14. The van der Waals surface area contributed by atoms with Gasteiger partial charge < -0.3 is 14.6 Å². The Balaban J connectivity index is 1.81. The number of nitrogens with zero attached hydrogens (tertiary/aromatic N) is 5. The van der Waals surface area contributed by atoms with E-state index in [2.05, 4.69) is 32.5 Å². The second-order valence-electron chi connectivity index (χ2n) is 6.14. The van der Waals surface area contributed by atoms with E-state index in [1.807, 2.05) is 24.0 Å². The van der Waals surface area contributed by atoms with Crippen molar-refractivity contribution in [2.45, 2.75) is 45.7 Å². The van der Waals surface area contributed by atoms with E-state index in [1.165, 1.54) is 0 Å². The van der Waals surface area contributed by atoms with Crippen LogP contribution >= 0.6 is 0 Å². The topological polar surface area (TPSA) is 90.9 Å². The molecule has 0 unspecified atom stereocenters. The molecule has 8 nitrogen and oxygen atoms in total. The van der Waals surface area contributed by atoms with Gasteiger partial charge in [0.05, 0.1) is 22.8 Å². The first-order valence-electron chi connectivity index (χ1n) is 8.81. The Morgan fingerprint density at radius 1 is 1.24 bits per heavy atom. The summed E-state index contributed by atoms with van der Waals surface area (Å²) < 4.78 is 12.7. The van der Waals surface area contributed by atoms with Crippen LogP contribution < -0.4 is 5.32 Å². The van der Waals surface area contributed by atoms with E-state index in [4.69, 9.17) is 9.26 Å². The highest BCUT2D eigenvalue weighted by atomic mass is 16.5. The maximum absolute atomic E-state index is 5.47. The third-order valence-electron chi connectivity index (χ3n) is 4.55. The Morgan fingerprint density at radius 2 is 2.08 bits per heavy atom. The molecule has 4 rings (SSSR count). The molecule has 8 heteroatoms. The van der Waals surface area contributed by atoms with Gasteiger partial charge in [-0.05, 0) is 19.8 Å². The molecule has 0 bridgehead atoms. The first-order chi connectivity index (χ1) is 12.3. The Bertz CT molecular complexity index is 865. The Labute approximate surface area is 145 Å². The van der Waals surface area contributed by atoms with Gasteiger partial charge in [-0.1, -0.05) is 12.1 Å². The summed E-state index contributed by atoms with van der Waals surface area (Å²) in [5.74, 6) is 1.18. The summed E-state index contributed by atoms with van der Waals surface area (Å²) in [5.41, 5.74) is 2.68. The van der Waals surface area contributed by atoms with Crippen molar-refractivity contribution in [1.82, 2.24) is 24.9 Å². The van der Waals surface area contributed by atoms with Crippen LogP contribution in [0.4, 0.5) is 5.69 Å². The third-order valence-corrected chi connectivity index (χ3v) is 4.55. The standard InChI is InChI=1S/C17H22N6O2/c1-3-14-21-16(22-25-14)12-9-18-17-13(10-19-23(17)4-2)15(12)20-11-5-7-24-8-6-11/h9-11H,3-8H2,1-2H3,(H,18,20). The first kappa shape index (κ1) is 16.0. The fourth-order valence-corrected chi connectivity index (χ4v) is 3.14. The number of aryl methyl sites for hydroxylation is 2. The summed E-state index contributed by atoms with van der Waals surface area (Å²) in [6.45, 7) is 6.37. The SMILES string of the molecule is CCc1nc(-c2cnc3c(cnn3CC)c2NC2CCOCC2)no1.